The van der Waals surface area contributed by atoms with Gasteiger partial charge in [0.05, 0.1) is 13.2 Å². The smallest absolute Gasteiger partial charge is 0.412 e. The quantitative estimate of drug-likeness (QED) is 0.852. The number of nitrogens with zero attached hydrogens (tertiary/aromatic N) is 4. The third-order valence-corrected chi connectivity index (χ3v) is 5.89. The van der Waals surface area contributed by atoms with Gasteiger partial charge in [-0.05, 0) is 23.8 Å². The second-order valence-corrected chi connectivity index (χ2v) is 7.61. The van der Waals surface area contributed by atoms with Gasteiger partial charge in [0.15, 0.2) is 0 Å². The maximum atomic E-state index is 12.8. The average molecular weight is 378 g/mol. The number of pyridine rings is 2. The van der Waals surface area contributed by atoms with Crippen molar-refractivity contribution in [1.82, 2.24) is 14.3 Å². The number of sulfonamides is 1. The molecule has 0 radical (unpaired) electrons. The van der Waals surface area contributed by atoms with Crippen LogP contribution in [-0.4, -0.2) is 67.2 Å². The highest BCUT2D eigenvalue weighted by Gasteiger charge is 2.27. The number of aromatic nitrogens is 2. The van der Waals surface area contributed by atoms with Gasteiger partial charge in [0.1, 0.15) is 10.7 Å². The normalized spacial score (nSPS) is 15.6. The van der Waals surface area contributed by atoms with Gasteiger partial charge >= 0.3 is 6.09 Å². The minimum atomic E-state index is -3.66. The van der Waals surface area contributed by atoms with Crippen molar-refractivity contribution in [2.24, 2.45) is 0 Å². The Morgan fingerprint density at radius 1 is 1.23 bits per heavy atom. The molecule has 1 fully saturated rings. The molecule has 0 atom stereocenters. The van der Waals surface area contributed by atoms with Crippen molar-refractivity contribution in [2.75, 3.05) is 38.3 Å². The fourth-order valence-electron chi connectivity index (χ4n) is 2.53. The van der Waals surface area contributed by atoms with Crippen molar-refractivity contribution >= 4 is 21.9 Å². The number of amides is 1. The minimum Gasteiger partial charge on any atom is -0.465 e. The van der Waals surface area contributed by atoms with E-state index in [-0.39, 0.29) is 10.7 Å². The van der Waals surface area contributed by atoms with Crippen LogP contribution in [0.5, 0.6) is 0 Å². The molecule has 26 heavy (non-hydrogen) atoms. The van der Waals surface area contributed by atoms with E-state index in [1.807, 2.05) is 0 Å². The van der Waals surface area contributed by atoms with Crippen LogP contribution in [0.3, 0.4) is 0 Å². The maximum absolute atomic E-state index is 12.8. The van der Waals surface area contributed by atoms with E-state index in [0.29, 0.717) is 37.4 Å². The van der Waals surface area contributed by atoms with Crippen LogP contribution in [0, 0.1) is 0 Å². The first-order valence-corrected chi connectivity index (χ1v) is 9.29. The van der Waals surface area contributed by atoms with E-state index < -0.39 is 16.1 Å². The summed E-state index contributed by atoms with van der Waals surface area (Å²) in [5, 5.41) is 9.07. The molecule has 1 N–H and O–H groups in total. The second-order valence-electron chi connectivity index (χ2n) is 5.67. The first-order chi connectivity index (χ1) is 12.4. The number of hydrogen-bond acceptors (Lipinski definition) is 6. The molecular weight excluding hydrogens is 360 g/mol. The lowest BCUT2D eigenvalue weighted by Gasteiger charge is -2.26. The zero-order valence-electron chi connectivity index (χ0n) is 14.1. The van der Waals surface area contributed by atoms with Gasteiger partial charge in [-0.25, -0.2) is 18.2 Å². The van der Waals surface area contributed by atoms with Crippen LogP contribution < -0.4 is 4.90 Å². The highest BCUT2D eigenvalue weighted by Crippen LogP contribution is 2.25. The maximum Gasteiger partial charge on any atom is 0.412 e. The fraction of sp³-hybridized carbons (Fsp3) is 0.312. The Hall–Kier alpha value is -2.56. The summed E-state index contributed by atoms with van der Waals surface area (Å²) in [5.41, 5.74) is 1.18. The van der Waals surface area contributed by atoms with Crippen LogP contribution in [-0.2, 0) is 14.8 Å². The molecule has 3 rings (SSSR count). The highest BCUT2D eigenvalue weighted by molar-refractivity contribution is 7.89. The Labute approximate surface area is 150 Å². The Balaban J connectivity index is 1.95. The molecule has 0 saturated carbocycles. The van der Waals surface area contributed by atoms with E-state index in [1.165, 1.54) is 36.0 Å². The molecule has 0 aromatic carbocycles. The molecule has 1 aliphatic heterocycles. The van der Waals surface area contributed by atoms with Crippen molar-refractivity contribution in [2.45, 2.75) is 4.90 Å². The zero-order chi connectivity index (χ0) is 18.7. The van der Waals surface area contributed by atoms with Crippen LogP contribution >= 0.6 is 0 Å². The Bertz CT molecular complexity index is 912. The summed E-state index contributed by atoms with van der Waals surface area (Å²) < 4.78 is 32.1. The van der Waals surface area contributed by atoms with E-state index in [2.05, 4.69) is 9.97 Å². The lowest BCUT2D eigenvalue weighted by Crippen LogP contribution is -2.40. The van der Waals surface area contributed by atoms with Crippen LogP contribution in [0.25, 0.3) is 11.1 Å². The van der Waals surface area contributed by atoms with Crippen molar-refractivity contribution in [3.63, 3.8) is 0 Å². The molecule has 9 nitrogen and oxygen atoms in total. The molecule has 0 aliphatic carbocycles. The first-order valence-electron chi connectivity index (χ1n) is 7.85. The van der Waals surface area contributed by atoms with Crippen LogP contribution in [0.2, 0.25) is 0 Å². The lowest BCUT2D eigenvalue weighted by atomic mass is 10.1. The highest BCUT2D eigenvalue weighted by atomic mass is 32.2. The third-order valence-electron chi connectivity index (χ3n) is 4.03. The molecule has 2 aromatic heterocycles. The second kappa shape index (κ2) is 7.36. The standard InChI is InChI=1S/C16H18N4O5S/c1-19(16(21)22)15-9-12(2-3-18-15)13-8-14(11-17-10-13)26(23,24)20-4-6-25-7-5-20/h2-3,8-11H,4-7H2,1H3,(H,21,22). The van der Waals surface area contributed by atoms with Crippen molar-refractivity contribution in [3.05, 3.63) is 36.8 Å². The first kappa shape index (κ1) is 18.2. The van der Waals surface area contributed by atoms with Gasteiger partial charge in [-0.3, -0.25) is 9.88 Å². The van der Waals surface area contributed by atoms with Gasteiger partial charge < -0.3 is 9.84 Å². The third kappa shape index (κ3) is 3.66. The summed E-state index contributed by atoms with van der Waals surface area (Å²) in [6.45, 7) is 1.33. The molecule has 3 heterocycles. The van der Waals surface area contributed by atoms with Crippen LogP contribution in [0.15, 0.2) is 41.7 Å². The largest absolute Gasteiger partial charge is 0.465 e. The topological polar surface area (TPSA) is 113 Å². The van der Waals surface area contributed by atoms with E-state index in [9.17, 15) is 13.2 Å². The molecule has 1 saturated heterocycles. The van der Waals surface area contributed by atoms with Gasteiger partial charge in [-0.15, -0.1) is 0 Å². The lowest BCUT2D eigenvalue weighted by molar-refractivity contribution is 0.0730. The number of carboxylic acid groups (broad SMARTS) is 1. The van der Waals surface area contributed by atoms with E-state index >= 15 is 0 Å². The van der Waals surface area contributed by atoms with Crippen molar-refractivity contribution in [3.8, 4) is 11.1 Å². The minimum absolute atomic E-state index is 0.0850. The summed E-state index contributed by atoms with van der Waals surface area (Å²) in [5.74, 6) is 0.233. The number of anilines is 1. The van der Waals surface area contributed by atoms with Crippen molar-refractivity contribution < 1.29 is 23.1 Å². The summed E-state index contributed by atoms with van der Waals surface area (Å²) in [6, 6.07) is 4.76. The summed E-state index contributed by atoms with van der Waals surface area (Å²) in [4.78, 5) is 20.2. The Morgan fingerprint density at radius 2 is 1.96 bits per heavy atom. The van der Waals surface area contributed by atoms with E-state index in [1.54, 1.807) is 12.1 Å². The zero-order valence-corrected chi connectivity index (χ0v) is 14.9. The van der Waals surface area contributed by atoms with Crippen LogP contribution in [0.1, 0.15) is 0 Å². The molecule has 0 bridgehead atoms. The number of carbonyl (C=O) groups is 1. The summed E-state index contributed by atoms with van der Waals surface area (Å²) in [7, 11) is -2.28. The number of rotatable bonds is 4. The number of morpholine rings is 1. The van der Waals surface area contributed by atoms with E-state index in [0.717, 1.165) is 4.90 Å². The van der Waals surface area contributed by atoms with Gasteiger partial charge in [0.25, 0.3) is 0 Å². The predicted octanol–water partition coefficient (Wildman–Crippen LogP) is 1.28. The summed E-state index contributed by atoms with van der Waals surface area (Å²) in [6.07, 6.45) is 3.15. The predicted molar refractivity (Wildman–Crippen MR) is 93.5 cm³/mol. The molecule has 1 aliphatic rings. The molecule has 0 unspecified atom stereocenters. The fourth-order valence-corrected chi connectivity index (χ4v) is 3.93. The van der Waals surface area contributed by atoms with E-state index in [4.69, 9.17) is 9.84 Å². The monoisotopic (exact) mass is 378 g/mol. The van der Waals surface area contributed by atoms with Gasteiger partial charge in [0, 0.05) is 44.3 Å². The Morgan fingerprint density at radius 3 is 2.65 bits per heavy atom. The van der Waals surface area contributed by atoms with Crippen LogP contribution in [0.4, 0.5) is 10.6 Å². The summed E-state index contributed by atoms with van der Waals surface area (Å²) >= 11 is 0. The van der Waals surface area contributed by atoms with Gasteiger partial charge in [-0.1, -0.05) is 0 Å². The molecule has 1 amide bonds. The number of hydrogen-bond donors (Lipinski definition) is 1. The molecule has 10 heteroatoms. The molecular formula is C16H18N4O5S. The van der Waals surface area contributed by atoms with Crippen molar-refractivity contribution in [1.29, 1.82) is 0 Å². The molecule has 2 aromatic rings. The number of ether oxygens (including phenoxy) is 1. The SMILES string of the molecule is CN(C(=O)O)c1cc(-c2cncc(S(=O)(=O)N3CCOCC3)c2)ccn1. The van der Waals surface area contributed by atoms with Gasteiger partial charge in [-0.2, -0.15) is 4.31 Å². The Kier molecular flexibility index (Phi) is 5.16. The molecule has 138 valence electrons. The van der Waals surface area contributed by atoms with Gasteiger partial charge in [0.2, 0.25) is 10.0 Å². The average Bonchev–Trinajstić information content (AvgIpc) is 2.68. The molecule has 0 spiro atoms.